The minimum atomic E-state index is 0.827. The van der Waals surface area contributed by atoms with Crippen LogP contribution < -0.4 is 5.32 Å². The first-order valence-electron chi connectivity index (χ1n) is 5.65. The van der Waals surface area contributed by atoms with Crippen molar-refractivity contribution in [3.63, 3.8) is 0 Å². The Balaban J connectivity index is 2.21. The van der Waals surface area contributed by atoms with E-state index in [1.54, 1.807) is 6.20 Å². The largest absolute Gasteiger partial charge is 0.313 e. The number of nitrogens with zero attached hydrogens (tertiary/aromatic N) is 3. The third kappa shape index (κ3) is 3.26. The van der Waals surface area contributed by atoms with Crippen molar-refractivity contribution in [3.8, 4) is 5.69 Å². The van der Waals surface area contributed by atoms with Crippen LogP contribution in [-0.4, -0.2) is 21.3 Å². The lowest BCUT2D eigenvalue weighted by Gasteiger charge is -2.09. The number of nitrogens with one attached hydrogen (secondary N) is 1. The van der Waals surface area contributed by atoms with Gasteiger partial charge in [0.05, 0.1) is 15.5 Å². The first-order valence-corrected chi connectivity index (χ1v) is 6.73. The molecule has 0 amide bonds. The summed E-state index contributed by atoms with van der Waals surface area (Å²) in [6, 6.07) is 1.99. The quantitative estimate of drug-likeness (QED) is 0.670. The van der Waals surface area contributed by atoms with Gasteiger partial charge in [0, 0.05) is 30.7 Å². The fourth-order valence-corrected chi connectivity index (χ4v) is 2.00. The standard InChI is InChI=1S/C12H15IN4/c1-2-4-14-6-10-7-15-5-3-12(10)17-9-11(13)8-16-17/h3,5,7-9,14H,2,4,6H2,1H3. The molecule has 0 aliphatic heterocycles. The fraction of sp³-hybridized carbons (Fsp3) is 0.333. The van der Waals surface area contributed by atoms with Crippen LogP contribution in [0.15, 0.2) is 30.9 Å². The molecule has 0 saturated carbocycles. The molecule has 0 unspecified atom stereocenters. The van der Waals surface area contributed by atoms with Gasteiger partial charge in [-0.25, -0.2) is 4.68 Å². The Morgan fingerprint density at radius 1 is 1.41 bits per heavy atom. The van der Waals surface area contributed by atoms with Crippen LogP contribution in [0.2, 0.25) is 0 Å². The first-order chi connectivity index (χ1) is 8.31. The molecule has 2 aromatic rings. The highest BCUT2D eigenvalue weighted by atomic mass is 127. The average molecular weight is 342 g/mol. The monoisotopic (exact) mass is 342 g/mol. The number of hydrogen-bond donors (Lipinski definition) is 1. The van der Waals surface area contributed by atoms with Crippen LogP contribution in [0.3, 0.4) is 0 Å². The van der Waals surface area contributed by atoms with Crippen molar-refractivity contribution >= 4 is 22.6 Å². The van der Waals surface area contributed by atoms with E-state index < -0.39 is 0 Å². The smallest absolute Gasteiger partial charge is 0.0721 e. The first kappa shape index (κ1) is 12.5. The molecule has 5 heteroatoms. The highest BCUT2D eigenvalue weighted by molar-refractivity contribution is 14.1. The molecular weight excluding hydrogens is 327 g/mol. The zero-order chi connectivity index (χ0) is 12.1. The van der Waals surface area contributed by atoms with Crippen LogP contribution in [0.1, 0.15) is 18.9 Å². The summed E-state index contributed by atoms with van der Waals surface area (Å²) in [7, 11) is 0. The van der Waals surface area contributed by atoms with E-state index in [2.05, 4.69) is 44.9 Å². The molecule has 90 valence electrons. The Kier molecular flexibility index (Phi) is 4.49. The zero-order valence-electron chi connectivity index (χ0n) is 9.73. The van der Waals surface area contributed by atoms with Gasteiger partial charge in [-0.15, -0.1) is 0 Å². The lowest BCUT2D eigenvalue weighted by molar-refractivity contribution is 0.668. The Morgan fingerprint density at radius 2 is 2.29 bits per heavy atom. The molecule has 2 aromatic heterocycles. The van der Waals surface area contributed by atoms with Gasteiger partial charge in [0.25, 0.3) is 0 Å². The molecule has 0 saturated heterocycles. The van der Waals surface area contributed by atoms with E-state index in [9.17, 15) is 0 Å². The maximum absolute atomic E-state index is 4.33. The second-order valence-corrected chi connectivity index (χ2v) is 5.03. The zero-order valence-corrected chi connectivity index (χ0v) is 11.9. The van der Waals surface area contributed by atoms with E-state index in [0.717, 1.165) is 28.8 Å². The highest BCUT2D eigenvalue weighted by Gasteiger charge is 2.05. The molecule has 0 aliphatic rings. The van der Waals surface area contributed by atoms with Gasteiger partial charge in [-0.2, -0.15) is 5.10 Å². The maximum Gasteiger partial charge on any atom is 0.0721 e. The molecule has 0 aliphatic carbocycles. The topological polar surface area (TPSA) is 42.7 Å². The summed E-state index contributed by atoms with van der Waals surface area (Å²) >= 11 is 2.26. The van der Waals surface area contributed by atoms with E-state index in [0.29, 0.717) is 0 Å². The predicted octanol–water partition coefficient (Wildman–Crippen LogP) is 2.37. The molecule has 0 fully saturated rings. The van der Waals surface area contributed by atoms with E-state index in [-0.39, 0.29) is 0 Å². The molecule has 4 nitrogen and oxygen atoms in total. The summed E-state index contributed by atoms with van der Waals surface area (Å²) in [4.78, 5) is 4.17. The normalized spacial score (nSPS) is 10.7. The van der Waals surface area contributed by atoms with E-state index in [4.69, 9.17) is 0 Å². The molecule has 2 rings (SSSR count). The van der Waals surface area contributed by atoms with Gasteiger partial charge < -0.3 is 5.32 Å². The molecule has 0 radical (unpaired) electrons. The van der Waals surface area contributed by atoms with Crippen molar-refractivity contribution in [1.82, 2.24) is 20.1 Å². The summed E-state index contributed by atoms with van der Waals surface area (Å²) in [5, 5.41) is 7.71. The average Bonchev–Trinajstić information content (AvgIpc) is 2.77. The van der Waals surface area contributed by atoms with Crippen LogP contribution in [-0.2, 0) is 6.54 Å². The van der Waals surface area contributed by atoms with Crippen molar-refractivity contribution in [2.45, 2.75) is 19.9 Å². The van der Waals surface area contributed by atoms with Crippen LogP contribution in [0.25, 0.3) is 5.69 Å². The summed E-state index contributed by atoms with van der Waals surface area (Å²) in [6.07, 6.45) is 8.69. The number of halogens is 1. The van der Waals surface area contributed by atoms with Gasteiger partial charge in [0.15, 0.2) is 0 Å². The van der Waals surface area contributed by atoms with Gasteiger partial charge >= 0.3 is 0 Å². The Hall–Kier alpha value is -0.950. The van der Waals surface area contributed by atoms with Gasteiger partial charge in [-0.3, -0.25) is 4.98 Å². The van der Waals surface area contributed by atoms with Crippen LogP contribution in [0.5, 0.6) is 0 Å². The SMILES string of the molecule is CCCNCc1cnccc1-n1cc(I)cn1. The minimum absolute atomic E-state index is 0.827. The molecular formula is C12H15IN4. The van der Waals surface area contributed by atoms with E-state index in [1.807, 2.05) is 29.3 Å². The summed E-state index contributed by atoms with van der Waals surface area (Å²) in [6.45, 7) is 4.01. The molecule has 0 bridgehead atoms. The minimum Gasteiger partial charge on any atom is -0.313 e. The molecule has 0 atom stereocenters. The lowest BCUT2D eigenvalue weighted by atomic mass is 10.2. The molecule has 1 N–H and O–H groups in total. The van der Waals surface area contributed by atoms with Crippen molar-refractivity contribution in [1.29, 1.82) is 0 Å². The van der Waals surface area contributed by atoms with Gasteiger partial charge in [-0.1, -0.05) is 6.92 Å². The second-order valence-electron chi connectivity index (χ2n) is 3.78. The molecule has 0 spiro atoms. The number of hydrogen-bond acceptors (Lipinski definition) is 3. The number of rotatable bonds is 5. The van der Waals surface area contributed by atoms with Crippen molar-refractivity contribution in [2.75, 3.05) is 6.54 Å². The molecule has 17 heavy (non-hydrogen) atoms. The molecule has 2 heterocycles. The number of aromatic nitrogens is 3. The van der Waals surface area contributed by atoms with Gasteiger partial charge in [0.2, 0.25) is 0 Å². The maximum atomic E-state index is 4.33. The van der Waals surface area contributed by atoms with Crippen molar-refractivity contribution in [3.05, 3.63) is 40.0 Å². The van der Waals surface area contributed by atoms with E-state index in [1.165, 1.54) is 5.56 Å². The summed E-state index contributed by atoms with van der Waals surface area (Å²) < 4.78 is 3.03. The Labute approximate surface area is 115 Å². The van der Waals surface area contributed by atoms with Crippen molar-refractivity contribution in [2.24, 2.45) is 0 Å². The Morgan fingerprint density at radius 3 is 3.00 bits per heavy atom. The fourth-order valence-electron chi connectivity index (χ4n) is 1.61. The second kappa shape index (κ2) is 6.11. The van der Waals surface area contributed by atoms with Crippen LogP contribution in [0.4, 0.5) is 0 Å². The molecule has 0 aromatic carbocycles. The van der Waals surface area contributed by atoms with Crippen LogP contribution in [0, 0.1) is 3.57 Å². The van der Waals surface area contributed by atoms with E-state index >= 15 is 0 Å². The number of pyridine rings is 1. The highest BCUT2D eigenvalue weighted by Crippen LogP contribution is 2.13. The predicted molar refractivity (Wildman–Crippen MR) is 76.1 cm³/mol. The van der Waals surface area contributed by atoms with Gasteiger partial charge in [-0.05, 0) is 41.6 Å². The summed E-state index contributed by atoms with van der Waals surface area (Å²) in [5.74, 6) is 0. The van der Waals surface area contributed by atoms with Crippen LogP contribution >= 0.6 is 22.6 Å². The van der Waals surface area contributed by atoms with Crippen molar-refractivity contribution < 1.29 is 0 Å². The van der Waals surface area contributed by atoms with Gasteiger partial charge in [0.1, 0.15) is 0 Å². The third-order valence-corrected chi connectivity index (χ3v) is 2.98. The third-order valence-electron chi connectivity index (χ3n) is 2.42. The Bertz CT molecular complexity index is 481. The summed E-state index contributed by atoms with van der Waals surface area (Å²) in [5.41, 5.74) is 2.26. The lowest BCUT2D eigenvalue weighted by Crippen LogP contribution is -2.15.